The summed E-state index contributed by atoms with van der Waals surface area (Å²) in [5.41, 5.74) is 0.793. The number of carbonyl (C=O) groups excluding carboxylic acids is 1. The van der Waals surface area contributed by atoms with Crippen LogP contribution in [-0.2, 0) is 0 Å². The highest BCUT2D eigenvalue weighted by Gasteiger charge is 2.14. The van der Waals surface area contributed by atoms with Crippen LogP contribution < -0.4 is 16.0 Å². The Labute approximate surface area is 109 Å². The van der Waals surface area contributed by atoms with Crippen molar-refractivity contribution < 1.29 is 4.79 Å². The second-order valence-corrected chi connectivity index (χ2v) is 5.12. The summed E-state index contributed by atoms with van der Waals surface area (Å²) in [4.78, 5) is 11.6. The number of hydrogen-bond acceptors (Lipinski definition) is 2. The molecule has 1 atom stereocenters. The molecule has 17 heavy (non-hydrogen) atoms. The molecule has 1 unspecified atom stereocenters. The molecule has 1 fully saturated rings. The lowest BCUT2D eigenvalue weighted by atomic mass is 10.1. The molecule has 1 heterocycles. The van der Waals surface area contributed by atoms with E-state index in [1.165, 1.54) is 0 Å². The SMILES string of the molecule is O=C(NCC1CCNC1)Nc1cccc(Br)c1. The summed E-state index contributed by atoms with van der Waals surface area (Å²) in [7, 11) is 0. The van der Waals surface area contributed by atoms with E-state index in [0.29, 0.717) is 5.92 Å². The molecule has 0 spiro atoms. The quantitative estimate of drug-likeness (QED) is 0.801. The molecule has 92 valence electrons. The molecule has 1 aromatic rings. The van der Waals surface area contributed by atoms with Crippen molar-refractivity contribution in [2.45, 2.75) is 6.42 Å². The predicted molar refractivity (Wildman–Crippen MR) is 72.1 cm³/mol. The first kappa shape index (κ1) is 12.4. The zero-order chi connectivity index (χ0) is 12.1. The number of nitrogens with one attached hydrogen (secondary N) is 3. The topological polar surface area (TPSA) is 53.2 Å². The third-order valence-corrected chi connectivity index (χ3v) is 3.29. The zero-order valence-electron chi connectivity index (χ0n) is 9.50. The first-order valence-electron chi connectivity index (χ1n) is 5.75. The van der Waals surface area contributed by atoms with Crippen LogP contribution in [0.2, 0.25) is 0 Å². The Hall–Kier alpha value is -1.07. The van der Waals surface area contributed by atoms with Gasteiger partial charge in [-0.3, -0.25) is 0 Å². The van der Waals surface area contributed by atoms with Gasteiger partial charge in [0.2, 0.25) is 0 Å². The summed E-state index contributed by atoms with van der Waals surface area (Å²) in [6.07, 6.45) is 1.14. The molecule has 0 aromatic heterocycles. The average molecular weight is 298 g/mol. The highest BCUT2D eigenvalue weighted by Crippen LogP contribution is 2.15. The summed E-state index contributed by atoms with van der Waals surface area (Å²) in [6.45, 7) is 2.78. The summed E-state index contributed by atoms with van der Waals surface area (Å²) < 4.78 is 0.954. The number of rotatable bonds is 3. The maximum atomic E-state index is 11.6. The van der Waals surface area contributed by atoms with Crippen LogP contribution in [0.25, 0.3) is 0 Å². The monoisotopic (exact) mass is 297 g/mol. The molecule has 0 saturated carbocycles. The number of halogens is 1. The van der Waals surface area contributed by atoms with E-state index in [1.807, 2.05) is 24.3 Å². The highest BCUT2D eigenvalue weighted by atomic mass is 79.9. The normalized spacial score (nSPS) is 19.0. The van der Waals surface area contributed by atoms with E-state index in [4.69, 9.17) is 0 Å². The van der Waals surface area contributed by atoms with Gasteiger partial charge in [0.15, 0.2) is 0 Å². The smallest absolute Gasteiger partial charge is 0.319 e. The van der Waals surface area contributed by atoms with Crippen molar-refractivity contribution in [1.82, 2.24) is 10.6 Å². The van der Waals surface area contributed by atoms with Crippen LogP contribution in [0.5, 0.6) is 0 Å². The van der Waals surface area contributed by atoms with Gasteiger partial charge in [-0.05, 0) is 43.6 Å². The lowest BCUT2D eigenvalue weighted by Crippen LogP contribution is -2.33. The second-order valence-electron chi connectivity index (χ2n) is 4.20. The van der Waals surface area contributed by atoms with E-state index in [1.54, 1.807) is 0 Å². The lowest BCUT2D eigenvalue weighted by Gasteiger charge is -2.11. The molecule has 1 aromatic carbocycles. The number of benzene rings is 1. The Morgan fingerprint density at radius 3 is 3.12 bits per heavy atom. The maximum absolute atomic E-state index is 11.6. The van der Waals surface area contributed by atoms with Gasteiger partial charge in [0.25, 0.3) is 0 Å². The fourth-order valence-electron chi connectivity index (χ4n) is 1.87. The number of hydrogen-bond donors (Lipinski definition) is 3. The van der Waals surface area contributed by atoms with E-state index in [9.17, 15) is 4.79 Å². The summed E-state index contributed by atoms with van der Waals surface area (Å²) in [6, 6.07) is 7.40. The minimum atomic E-state index is -0.144. The molecule has 2 rings (SSSR count). The van der Waals surface area contributed by atoms with Crippen LogP contribution >= 0.6 is 15.9 Å². The fourth-order valence-corrected chi connectivity index (χ4v) is 2.27. The van der Waals surface area contributed by atoms with E-state index in [2.05, 4.69) is 31.9 Å². The van der Waals surface area contributed by atoms with Crippen molar-refractivity contribution in [3.05, 3.63) is 28.7 Å². The van der Waals surface area contributed by atoms with Crippen LogP contribution in [0.1, 0.15) is 6.42 Å². The fraction of sp³-hybridized carbons (Fsp3) is 0.417. The van der Waals surface area contributed by atoms with Gasteiger partial charge in [0.1, 0.15) is 0 Å². The predicted octanol–water partition coefficient (Wildman–Crippen LogP) is 2.18. The number of carbonyl (C=O) groups is 1. The molecule has 0 bridgehead atoms. The first-order valence-corrected chi connectivity index (χ1v) is 6.54. The second kappa shape index (κ2) is 6.02. The minimum Gasteiger partial charge on any atom is -0.338 e. The van der Waals surface area contributed by atoms with E-state index >= 15 is 0 Å². The minimum absolute atomic E-state index is 0.144. The number of anilines is 1. The molecule has 0 radical (unpaired) electrons. The summed E-state index contributed by atoms with van der Waals surface area (Å²) in [5, 5.41) is 8.97. The van der Waals surface area contributed by atoms with Crippen molar-refractivity contribution in [3.8, 4) is 0 Å². The van der Waals surface area contributed by atoms with Gasteiger partial charge in [-0.15, -0.1) is 0 Å². The molecule has 3 N–H and O–H groups in total. The average Bonchev–Trinajstić information content (AvgIpc) is 2.79. The van der Waals surface area contributed by atoms with E-state index < -0.39 is 0 Å². The molecule has 1 aliphatic heterocycles. The molecule has 1 aliphatic rings. The van der Waals surface area contributed by atoms with Gasteiger partial charge in [-0.1, -0.05) is 22.0 Å². The van der Waals surface area contributed by atoms with Crippen molar-refractivity contribution in [1.29, 1.82) is 0 Å². The molecule has 0 aliphatic carbocycles. The molecular weight excluding hydrogens is 282 g/mol. The van der Waals surface area contributed by atoms with Crippen LogP contribution in [0, 0.1) is 5.92 Å². The maximum Gasteiger partial charge on any atom is 0.319 e. The molecular formula is C12H16BrN3O. The van der Waals surface area contributed by atoms with Gasteiger partial charge in [-0.25, -0.2) is 4.79 Å². The van der Waals surface area contributed by atoms with Gasteiger partial charge in [0, 0.05) is 16.7 Å². The summed E-state index contributed by atoms with van der Waals surface area (Å²) in [5.74, 6) is 0.559. The van der Waals surface area contributed by atoms with Crippen molar-refractivity contribution in [2.75, 3.05) is 25.0 Å². The third kappa shape index (κ3) is 4.02. The van der Waals surface area contributed by atoms with Crippen LogP contribution in [0.3, 0.4) is 0 Å². The zero-order valence-corrected chi connectivity index (χ0v) is 11.1. The Morgan fingerprint density at radius 2 is 2.41 bits per heavy atom. The van der Waals surface area contributed by atoms with Crippen molar-refractivity contribution in [2.24, 2.45) is 5.92 Å². The Morgan fingerprint density at radius 1 is 1.53 bits per heavy atom. The van der Waals surface area contributed by atoms with Gasteiger partial charge < -0.3 is 16.0 Å². The van der Waals surface area contributed by atoms with E-state index in [0.717, 1.165) is 36.2 Å². The highest BCUT2D eigenvalue weighted by molar-refractivity contribution is 9.10. The molecule has 4 nitrogen and oxygen atoms in total. The van der Waals surface area contributed by atoms with Crippen molar-refractivity contribution >= 4 is 27.6 Å². The van der Waals surface area contributed by atoms with Crippen LogP contribution in [0.15, 0.2) is 28.7 Å². The van der Waals surface area contributed by atoms with Crippen LogP contribution in [0.4, 0.5) is 10.5 Å². The summed E-state index contributed by atoms with van der Waals surface area (Å²) >= 11 is 3.36. The molecule has 5 heteroatoms. The van der Waals surface area contributed by atoms with Gasteiger partial charge >= 0.3 is 6.03 Å². The van der Waals surface area contributed by atoms with Gasteiger partial charge in [0.05, 0.1) is 0 Å². The Bertz CT molecular complexity index is 391. The Balaban J connectivity index is 1.76. The molecule has 2 amide bonds. The first-order chi connectivity index (χ1) is 8.24. The third-order valence-electron chi connectivity index (χ3n) is 2.80. The van der Waals surface area contributed by atoms with Crippen LogP contribution in [-0.4, -0.2) is 25.7 Å². The van der Waals surface area contributed by atoms with E-state index in [-0.39, 0.29) is 6.03 Å². The Kier molecular flexibility index (Phi) is 4.39. The number of amides is 2. The standard InChI is InChI=1S/C12H16BrN3O/c13-10-2-1-3-11(6-10)16-12(17)15-8-9-4-5-14-7-9/h1-3,6,9,14H,4-5,7-8H2,(H2,15,16,17). The number of urea groups is 1. The largest absolute Gasteiger partial charge is 0.338 e. The van der Waals surface area contributed by atoms with Crippen molar-refractivity contribution in [3.63, 3.8) is 0 Å². The molecule has 1 saturated heterocycles. The lowest BCUT2D eigenvalue weighted by molar-refractivity contribution is 0.250. The van der Waals surface area contributed by atoms with Gasteiger partial charge in [-0.2, -0.15) is 0 Å².